The highest BCUT2D eigenvalue weighted by atomic mass is 35.5. The molecule has 0 atom stereocenters. The summed E-state index contributed by atoms with van der Waals surface area (Å²) in [6, 6.07) is 5.46. The van der Waals surface area contributed by atoms with Crippen LogP contribution in [0.5, 0.6) is 0 Å². The highest BCUT2D eigenvalue weighted by Gasteiger charge is 2.18. The second-order valence-electron chi connectivity index (χ2n) is 6.17. The van der Waals surface area contributed by atoms with Gasteiger partial charge < -0.3 is 15.0 Å². The highest BCUT2D eigenvalue weighted by molar-refractivity contribution is 6.35. The van der Waals surface area contributed by atoms with Crippen LogP contribution in [0, 0.1) is 0 Å². The summed E-state index contributed by atoms with van der Waals surface area (Å²) < 4.78 is 5.29. The molecule has 0 aromatic heterocycles. The van der Waals surface area contributed by atoms with Crippen LogP contribution in [0.15, 0.2) is 18.2 Å². The van der Waals surface area contributed by atoms with Crippen LogP contribution in [0.3, 0.4) is 0 Å². The van der Waals surface area contributed by atoms with Gasteiger partial charge in [0, 0.05) is 30.2 Å². The number of hydrogen-bond donors (Lipinski definition) is 1. The first kappa shape index (κ1) is 19.1. The van der Waals surface area contributed by atoms with Crippen LogP contribution in [0.25, 0.3) is 0 Å². The van der Waals surface area contributed by atoms with Gasteiger partial charge in [-0.2, -0.15) is 0 Å². The van der Waals surface area contributed by atoms with Gasteiger partial charge in [0.15, 0.2) is 0 Å². The number of hydrogen-bond acceptors (Lipinski definition) is 3. The van der Waals surface area contributed by atoms with E-state index in [-0.39, 0.29) is 6.09 Å². The van der Waals surface area contributed by atoms with Crippen molar-refractivity contribution in [1.82, 2.24) is 10.2 Å². The third-order valence-corrected chi connectivity index (χ3v) is 3.47. The smallest absolute Gasteiger partial charge is 0.410 e. The third-order valence-electron chi connectivity index (χ3n) is 2.88. The summed E-state index contributed by atoms with van der Waals surface area (Å²) in [5, 5.41) is 4.59. The zero-order valence-corrected chi connectivity index (χ0v) is 15.1. The summed E-state index contributed by atoms with van der Waals surface area (Å²) in [6.07, 6.45) is 0.536. The maximum Gasteiger partial charge on any atom is 0.410 e. The molecule has 0 unspecified atom stereocenters. The van der Waals surface area contributed by atoms with Crippen molar-refractivity contribution in [3.05, 3.63) is 33.8 Å². The van der Waals surface area contributed by atoms with Crippen molar-refractivity contribution in [3.63, 3.8) is 0 Å². The van der Waals surface area contributed by atoms with Crippen LogP contribution >= 0.6 is 23.2 Å². The van der Waals surface area contributed by atoms with E-state index in [1.54, 1.807) is 18.0 Å². The van der Waals surface area contributed by atoms with Gasteiger partial charge in [-0.15, -0.1) is 0 Å². The topological polar surface area (TPSA) is 41.6 Å². The standard InChI is InChI=1S/C16H24Cl2N2O2/c1-16(2,3)22-15(21)20(4)9-5-8-19-11-12-6-7-13(17)10-14(12)18/h6-7,10,19H,5,8-9,11H2,1-4H3. The Kier molecular flexibility index (Phi) is 7.46. The number of nitrogens with one attached hydrogen (secondary N) is 1. The molecule has 1 aromatic rings. The molecule has 1 amide bonds. The van der Waals surface area contributed by atoms with Gasteiger partial charge in [-0.1, -0.05) is 29.3 Å². The summed E-state index contributed by atoms with van der Waals surface area (Å²) in [5.41, 5.74) is 0.543. The van der Waals surface area contributed by atoms with E-state index in [0.29, 0.717) is 23.1 Å². The average molecular weight is 347 g/mol. The summed E-state index contributed by atoms with van der Waals surface area (Å²) in [4.78, 5) is 13.4. The maximum absolute atomic E-state index is 11.8. The summed E-state index contributed by atoms with van der Waals surface area (Å²) in [7, 11) is 1.74. The van der Waals surface area contributed by atoms with E-state index < -0.39 is 5.60 Å². The number of benzene rings is 1. The van der Waals surface area contributed by atoms with E-state index in [2.05, 4.69) is 5.32 Å². The molecule has 0 aliphatic rings. The molecule has 1 N–H and O–H groups in total. The molecule has 1 rings (SSSR count). The molecule has 0 saturated heterocycles. The monoisotopic (exact) mass is 346 g/mol. The normalized spacial score (nSPS) is 11.4. The number of carbonyl (C=O) groups excluding carboxylic acids is 1. The van der Waals surface area contributed by atoms with Gasteiger partial charge in [0.05, 0.1) is 0 Å². The van der Waals surface area contributed by atoms with E-state index >= 15 is 0 Å². The van der Waals surface area contributed by atoms with Crippen molar-refractivity contribution in [2.45, 2.75) is 39.3 Å². The van der Waals surface area contributed by atoms with Crippen LogP contribution in [-0.4, -0.2) is 36.7 Å². The average Bonchev–Trinajstić information content (AvgIpc) is 2.38. The fourth-order valence-electron chi connectivity index (χ4n) is 1.76. The molecular weight excluding hydrogens is 323 g/mol. The van der Waals surface area contributed by atoms with Crippen LogP contribution in [0.1, 0.15) is 32.8 Å². The SMILES string of the molecule is CN(CCCNCc1ccc(Cl)cc1Cl)C(=O)OC(C)(C)C. The van der Waals surface area contributed by atoms with Gasteiger partial charge in [0.1, 0.15) is 5.60 Å². The predicted octanol–water partition coefficient (Wildman–Crippen LogP) is 4.34. The maximum atomic E-state index is 11.8. The van der Waals surface area contributed by atoms with E-state index in [1.165, 1.54) is 0 Å². The first-order valence-electron chi connectivity index (χ1n) is 7.28. The lowest BCUT2D eigenvalue weighted by Gasteiger charge is -2.24. The molecule has 124 valence electrons. The Morgan fingerprint density at radius 3 is 2.59 bits per heavy atom. The van der Waals surface area contributed by atoms with E-state index in [0.717, 1.165) is 18.5 Å². The number of carbonyl (C=O) groups is 1. The van der Waals surface area contributed by atoms with Crippen LogP contribution in [0.4, 0.5) is 4.79 Å². The van der Waals surface area contributed by atoms with Crippen LogP contribution in [0.2, 0.25) is 10.0 Å². The molecule has 0 spiro atoms. The number of rotatable bonds is 6. The second-order valence-corrected chi connectivity index (χ2v) is 7.01. The molecule has 22 heavy (non-hydrogen) atoms. The molecule has 4 nitrogen and oxygen atoms in total. The van der Waals surface area contributed by atoms with Crippen molar-refractivity contribution in [3.8, 4) is 0 Å². The minimum absolute atomic E-state index is 0.298. The molecule has 0 fully saturated rings. The number of ether oxygens (including phenoxy) is 1. The Labute approximate surface area is 142 Å². The molecule has 0 heterocycles. The lowest BCUT2D eigenvalue weighted by molar-refractivity contribution is 0.0297. The molecule has 0 saturated carbocycles. The molecule has 6 heteroatoms. The van der Waals surface area contributed by atoms with Crippen molar-refractivity contribution >= 4 is 29.3 Å². The molecule has 0 bridgehead atoms. The number of nitrogens with zero attached hydrogens (tertiary/aromatic N) is 1. The summed E-state index contributed by atoms with van der Waals surface area (Å²) in [5.74, 6) is 0. The first-order chi connectivity index (χ1) is 10.2. The van der Waals surface area contributed by atoms with Gasteiger partial charge in [0.2, 0.25) is 0 Å². The second kappa shape index (κ2) is 8.61. The molecule has 0 aliphatic heterocycles. The van der Waals surface area contributed by atoms with E-state index in [4.69, 9.17) is 27.9 Å². The quantitative estimate of drug-likeness (QED) is 0.779. The van der Waals surface area contributed by atoms with Crippen LogP contribution < -0.4 is 5.32 Å². The van der Waals surface area contributed by atoms with Crippen molar-refractivity contribution in [2.24, 2.45) is 0 Å². The van der Waals surface area contributed by atoms with Gasteiger partial charge in [-0.25, -0.2) is 4.79 Å². The fourth-order valence-corrected chi connectivity index (χ4v) is 2.24. The Bertz CT molecular complexity index is 501. The van der Waals surface area contributed by atoms with Crippen molar-refractivity contribution in [2.75, 3.05) is 20.1 Å². The Balaban J connectivity index is 2.24. The van der Waals surface area contributed by atoms with Crippen molar-refractivity contribution < 1.29 is 9.53 Å². The third kappa shape index (κ3) is 7.34. The zero-order valence-electron chi connectivity index (χ0n) is 13.6. The van der Waals surface area contributed by atoms with Gasteiger partial charge >= 0.3 is 6.09 Å². The molecule has 0 aliphatic carbocycles. The number of halogens is 2. The number of amides is 1. The van der Waals surface area contributed by atoms with Gasteiger partial charge in [0.25, 0.3) is 0 Å². The summed E-state index contributed by atoms with van der Waals surface area (Å²) >= 11 is 12.0. The summed E-state index contributed by atoms with van der Waals surface area (Å²) in [6.45, 7) is 7.66. The molecule has 0 radical (unpaired) electrons. The van der Waals surface area contributed by atoms with E-state index in [9.17, 15) is 4.79 Å². The first-order valence-corrected chi connectivity index (χ1v) is 8.03. The predicted molar refractivity (Wildman–Crippen MR) is 91.6 cm³/mol. The van der Waals surface area contributed by atoms with E-state index in [1.807, 2.05) is 32.9 Å². The largest absolute Gasteiger partial charge is 0.444 e. The van der Waals surface area contributed by atoms with Crippen LogP contribution in [-0.2, 0) is 11.3 Å². The fraction of sp³-hybridized carbons (Fsp3) is 0.562. The lowest BCUT2D eigenvalue weighted by Crippen LogP contribution is -2.35. The van der Waals surface area contributed by atoms with Gasteiger partial charge in [-0.05, 0) is 51.4 Å². The Morgan fingerprint density at radius 1 is 1.32 bits per heavy atom. The zero-order chi connectivity index (χ0) is 16.8. The lowest BCUT2D eigenvalue weighted by atomic mass is 10.2. The molecule has 1 aromatic carbocycles. The minimum atomic E-state index is -0.463. The van der Waals surface area contributed by atoms with Gasteiger partial charge in [-0.3, -0.25) is 0 Å². The van der Waals surface area contributed by atoms with Crippen molar-refractivity contribution in [1.29, 1.82) is 0 Å². The Morgan fingerprint density at radius 2 is 2.00 bits per heavy atom. The minimum Gasteiger partial charge on any atom is -0.444 e. The Hall–Kier alpha value is -0.970. The molecular formula is C16H24Cl2N2O2. The highest BCUT2D eigenvalue weighted by Crippen LogP contribution is 2.20.